The van der Waals surface area contributed by atoms with Crippen LogP contribution in [0.4, 0.5) is 11.4 Å². The average Bonchev–Trinajstić information content (AvgIpc) is 2.62. The maximum Gasteiger partial charge on any atom is 0.255 e. The van der Waals surface area contributed by atoms with Gasteiger partial charge < -0.3 is 15.5 Å². The van der Waals surface area contributed by atoms with E-state index in [1.165, 1.54) is 0 Å². The highest BCUT2D eigenvalue weighted by Gasteiger charge is 2.19. The van der Waals surface area contributed by atoms with Gasteiger partial charge in [-0.25, -0.2) is 0 Å². The summed E-state index contributed by atoms with van der Waals surface area (Å²) in [6.45, 7) is 1.52. The highest BCUT2D eigenvalue weighted by Crippen LogP contribution is 2.26. The molecular weight excluding hydrogens is 304 g/mol. The van der Waals surface area contributed by atoms with Gasteiger partial charge in [0.25, 0.3) is 5.91 Å². The zero-order chi connectivity index (χ0) is 16.9. The van der Waals surface area contributed by atoms with Crippen LogP contribution in [-0.4, -0.2) is 31.4 Å². The van der Waals surface area contributed by atoms with Gasteiger partial charge in [-0.15, -0.1) is 0 Å². The Morgan fingerprint density at radius 1 is 1.21 bits per heavy atom. The normalized spacial score (nSPS) is 13.8. The molecule has 120 valence electrons. The highest BCUT2D eigenvalue weighted by atomic mass is 16.2. The number of piperazine rings is 1. The van der Waals surface area contributed by atoms with Crippen molar-refractivity contribution in [3.05, 3.63) is 59.7 Å². The molecule has 0 aliphatic carbocycles. The number of anilines is 2. The highest BCUT2D eigenvalue weighted by molar-refractivity contribution is 6.06. The molecule has 1 aliphatic rings. The Kier molecular flexibility index (Phi) is 4.43. The van der Waals surface area contributed by atoms with E-state index >= 15 is 0 Å². The molecular formula is C18H16N4O2. The molecule has 0 unspecified atom stereocenters. The standard InChI is InChI=1S/C18H16N4O2/c19-11-13-4-3-5-14(10-13)18(24)21-15-6-1-2-7-16(15)22-9-8-20-17(23)12-22/h1-7,10H,8-9,12H2,(H,20,23)(H,21,24). The molecule has 0 saturated carbocycles. The van der Waals surface area contributed by atoms with E-state index in [9.17, 15) is 9.59 Å². The van der Waals surface area contributed by atoms with Crippen LogP contribution in [0.1, 0.15) is 15.9 Å². The third-order valence-electron chi connectivity index (χ3n) is 3.79. The van der Waals surface area contributed by atoms with Crippen molar-refractivity contribution < 1.29 is 9.59 Å². The van der Waals surface area contributed by atoms with Gasteiger partial charge in [-0.1, -0.05) is 18.2 Å². The summed E-state index contributed by atoms with van der Waals surface area (Å²) in [5, 5.41) is 14.6. The van der Waals surface area contributed by atoms with E-state index in [2.05, 4.69) is 10.6 Å². The third kappa shape index (κ3) is 3.36. The van der Waals surface area contributed by atoms with Crippen LogP contribution in [0, 0.1) is 11.3 Å². The summed E-state index contributed by atoms with van der Waals surface area (Å²) in [7, 11) is 0. The van der Waals surface area contributed by atoms with Gasteiger partial charge in [0.15, 0.2) is 0 Å². The predicted molar refractivity (Wildman–Crippen MR) is 90.8 cm³/mol. The summed E-state index contributed by atoms with van der Waals surface area (Å²) >= 11 is 0. The molecule has 1 saturated heterocycles. The summed E-state index contributed by atoms with van der Waals surface area (Å²) in [5.41, 5.74) is 2.29. The number of rotatable bonds is 3. The zero-order valence-electron chi connectivity index (χ0n) is 13.0. The number of carbonyl (C=O) groups excluding carboxylic acids is 2. The van der Waals surface area contributed by atoms with Crippen LogP contribution < -0.4 is 15.5 Å². The van der Waals surface area contributed by atoms with Crippen molar-refractivity contribution in [2.75, 3.05) is 29.9 Å². The molecule has 6 heteroatoms. The van der Waals surface area contributed by atoms with Gasteiger partial charge >= 0.3 is 0 Å². The number of carbonyl (C=O) groups is 2. The van der Waals surface area contributed by atoms with E-state index in [-0.39, 0.29) is 18.4 Å². The van der Waals surface area contributed by atoms with Crippen LogP contribution in [0.15, 0.2) is 48.5 Å². The van der Waals surface area contributed by atoms with Crippen molar-refractivity contribution in [3.8, 4) is 6.07 Å². The molecule has 0 spiro atoms. The van der Waals surface area contributed by atoms with E-state index in [1.54, 1.807) is 30.3 Å². The van der Waals surface area contributed by atoms with Gasteiger partial charge in [0.05, 0.1) is 29.6 Å². The van der Waals surface area contributed by atoms with Gasteiger partial charge in [0.1, 0.15) is 0 Å². The number of amides is 2. The largest absolute Gasteiger partial charge is 0.359 e. The quantitative estimate of drug-likeness (QED) is 0.902. The molecule has 0 radical (unpaired) electrons. The first-order chi connectivity index (χ1) is 11.7. The van der Waals surface area contributed by atoms with E-state index in [1.807, 2.05) is 29.2 Å². The fourth-order valence-corrected chi connectivity index (χ4v) is 2.62. The lowest BCUT2D eigenvalue weighted by Crippen LogP contribution is -2.47. The molecule has 0 atom stereocenters. The number of nitriles is 1. The van der Waals surface area contributed by atoms with Gasteiger partial charge in [0.2, 0.25) is 5.91 Å². The first kappa shape index (κ1) is 15.6. The van der Waals surface area contributed by atoms with Gasteiger partial charge in [-0.2, -0.15) is 5.26 Å². The van der Waals surface area contributed by atoms with Crippen LogP contribution in [0.3, 0.4) is 0 Å². The van der Waals surface area contributed by atoms with Crippen molar-refractivity contribution >= 4 is 23.2 Å². The minimum absolute atomic E-state index is 0.0379. The topological polar surface area (TPSA) is 85.2 Å². The lowest BCUT2D eigenvalue weighted by Gasteiger charge is -2.30. The molecule has 2 aromatic rings. The van der Waals surface area contributed by atoms with E-state index in [0.717, 1.165) is 5.69 Å². The van der Waals surface area contributed by atoms with E-state index < -0.39 is 0 Å². The van der Waals surface area contributed by atoms with E-state index in [0.29, 0.717) is 29.9 Å². The second-order valence-corrected chi connectivity index (χ2v) is 5.44. The Hall–Kier alpha value is -3.33. The monoisotopic (exact) mass is 320 g/mol. The summed E-state index contributed by atoms with van der Waals surface area (Å²) in [5.74, 6) is -0.329. The fraction of sp³-hybridized carbons (Fsp3) is 0.167. The minimum atomic E-state index is -0.291. The van der Waals surface area contributed by atoms with Crippen LogP contribution in [0.25, 0.3) is 0 Å². The lowest BCUT2D eigenvalue weighted by molar-refractivity contribution is -0.120. The Labute approximate surface area is 139 Å². The van der Waals surface area contributed by atoms with Gasteiger partial charge in [0, 0.05) is 18.7 Å². The Bertz CT molecular complexity index is 826. The lowest BCUT2D eigenvalue weighted by atomic mass is 10.1. The Balaban J connectivity index is 1.83. The van der Waals surface area contributed by atoms with Crippen molar-refractivity contribution in [3.63, 3.8) is 0 Å². The van der Waals surface area contributed by atoms with Gasteiger partial charge in [-0.3, -0.25) is 9.59 Å². The smallest absolute Gasteiger partial charge is 0.255 e. The SMILES string of the molecule is N#Cc1cccc(C(=O)Nc2ccccc2N2CCNC(=O)C2)c1. The molecule has 1 heterocycles. The molecule has 2 aromatic carbocycles. The van der Waals surface area contributed by atoms with Crippen molar-refractivity contribution in [1.82, 2.24) is 5.32 Å². The van der Waals surface area contributed by atoms with Crippen molar-refractivity contribution in [1.29, 1.82) is 5.26 Å². The average molecular weight is 320 g/mol. The number of para-hydroxylation sites is 2. The zero-order valence-corrected chi connectivity index (χ0v) is 13.0. The summed E-state index contributed by atoms with van der Waals surface area (Å²) in [6, 6.07) is 15.9. The second-order valence-electron chi connectivity index (χ2n) is 5.44. The maximum absolute atomic E-state index is 12.5. The molecule has 3 rings (SSSR count). The summed E-state index contributed by atoms with van der Waals surface area (Å²) < 4.78 is 0. The Morgan fingerprint density at radius 2 is 2.04 bits per heavy atom. The number of nitrogens with one attached hydrogen (secondary N) is 2. The number of benzene rings is 2. The first-order valence-corrected chi connectivity index (χ1v) is 7.59. The van der Waals surface area contributed by atoms with E-state index in [4.69, 9.17) is 5.26 Å². The van der Waals surface area contributed by atoms with Crippen molar-refractivity contribution in [2.45, 2.75) is 0 Å². The Morgan fingerprint density at radius 3 is 2.83 bits per heavy atom. The summed E-state index contributed by atoms with van der Waals surface area (Å²) in [6.07, 6.45) is 0. The maximum atomic E-state index is 12.5. The molecule has 2 N–H and O–H groups in total. The molecule has 1 fully saturated rings. The van der Waals surface area contributed by atoms with Crippen LogP contribution in [-0.2, 0) is 4.79 Å². The molecule has 0 aromatic heterocycles. The first-order valence-electron chi connectivity index (χ1n) is 7.59. The minimum Gasteiger partial charge on any atom is -0.359 e. The van der Waals surface area contributed by atoms with Crippen LogP contribution in [0.5, 0.6) is 0 Å². The fourth-order valence-electron chi connectivity index (χ4n) is 2.62. The second kappa shape index (κ2) is 6.84. The van der Waals surface area contributed by atoms with Crippen LogP contribution >= 0.6 is 0 Å². The third-order valence-corrected chi connectivity index (χ3v) is 3.79. The summed E-state index contributed by atoms with van der Waals surface area (Å²) in [4.78, 5) is 26.0. The molecule has 0 bridgehead atoms. The predicted octanol–water partition coefficient (Wildman–Crippen LogP) is 1.75. The van der Waals surface area contributed by atoms with Gasteiger partial charge in [-0.05, 0) is 30.3 Å². The number of hydrogen-bond acceptors (Lipinski definition) is 4. The molecule has 24 heavy (non-hydrogen) atoms. The molecule has 6 nitrogen and oxygen atoms in total. The molecule has 2 amide bonds. The van der Waals surface area contributed by atoms with Crippen LogP contribution in [0.2, 0.25) is 0 Å². The molecule has 1 aliphatic heterocycles. The van der Waals surface area contributed by atoms with Crippen molar-refractivity contribution in [2.24, 2.45) is 0 Å². The number of nitrogens with zero attached hydrogens (tertiary/aromatic N) is 2. The number of hydrogen-bond donors (Lipinski definition) is 2.